The molecule has 1 saturated heterocycles. The average molecular weight is 350 g/mol. The van der Waals surface area contributed by atoms with Crippen LogP contribution in [-0.4, -0.2) is 64.4 Å². The molecule has 1 fully saturated rings. The lowest BCUT2D eigenvalue weighted by Gasteiger charge is -2.34. The van der Waals surface area contributed by atoms with E-state index in [0.717, 1.165) is 50.3 Å². The van der Waals surface area contributed by atoms with Gasteiger partial charge in [0, 0.05) is 32.1 Å². The molecule has 1 unspecified atom stereocenters. The number of aromatic nitrogens is 3. The van der Waals surface area contributed by atoms with Gasteiger partial charge in [0.25, 0.3) is 0 Å². The first-order valence-electron chi connectivity index (χ1n) is 9.76. The standard InChI is InChI=1S/C18H35N7/c1-5-17-23-22-14-25(17)12-9-20-18(19-6-2)21-13-16(4)24-10-7-15(3)8-11-24/h14-16H,5-13H2,1-4H3,(H2,19,20,21). The second-order valence-electron chi connectivity index (χ2n) is 7.01. The number of nitrogens with zero attached hydrogens (tertiary/aromatic N) is 5. The van der Waals surface area contributed by atoms with E-state index in [4.69, 9.17) is 4.99 Å². The van der Waals surface area contributed by atoms with Gasteiger partial charge in [-0.2, -0.15) is 0 Å². The molecule has 142 valence electrons. The summed E-state index contributed by atoms with van der Waals surface area (Å²) in [6, 6.07) is 0.493. The molecule has 0 spiro atoms. The average Bonchev–Trinajstić information content (AvgIpc) is 3.07. The molecular formula is C18H35N7. The van der Waals surface area contributed by atoms with E-state index in [9.17, 15) is 0 Å². The number of aliphatic imine (C=N–C) groups is 1. The molecular weight excluding hydrogens is 314 g/mol. The second-order valence-corrected chi connectivity index (χ2v) is 7.01. The maximum absolute atomic E-state index is 4.78. The van der Waals surface area contributed by atoms with Crippen LogP contribution in [0.4, 0.5) is 0 Å². The van der Waals surface area contributed by atoms with Crippen molar-refractivity contribution in [1.82, 2.24) is 30.3 Å². The van der Waals surface area contributed by atoms with Crippen LogP contribution in [0, 0.1) is 5.92 Å². The lowest BCUT2D eigenvalue weighted by molar-refractivity contribution is 0.150. The first-order chi connectivity index (χ1) is 12.1. The van der Waals surface area contributed by atoms with Crippen molar-refractivity contribution in [2.24, 2.45) is 10.9 Å². The van der Waals surface area contributed by atoms with Crippen molar-refractivity contribution in [2.75, 3.05) is 32.7 Å². The van der Waals surface area contributed by atoms with E-state index in [-0.39, 0.29) is 0 Å². The zero-order chi connectivity index (χ0) is 18.1. The Morgan fingerprint density at radius 1 is 1.32 bits per heavy atom. The molecule has 1 aromatic rings. The van der Waals surface area contributed by atoms with E-state index in [2.05, 4.69) is 58.0 Å². The molecule has 1 aliphatic heterocycles. The highest BCUT2D eigenvalue weighted by Gasteiger charge is 2.19. The molecule has 1 atom stereocenters. The maximum atomic E-state index is 4.78. The van der Waals surface area contributed by atoms with Crippen molar-refractivity contribution in [1.29, 1.82) is 0 Å². The van der Waals surface area contributed by atoms with Crippen LogP contribution < -0.4 is 10.6 Å². The number of hydrogen-bond donors (Lipinski definition) is 2. The normalized spacial score (nSPS) is 18.3. The number of rotatable bonds is 8. The van der Waals surface area contributed by atoms with Crippen LogP contribution in [-0.2, 0) is 13.0 Å². The van der Waals surface area contributed by atoms with Gasteiger partial charge in [-0.3, -0.25) is 9.89 Å². The topological polar surface area (TPSA) is 70.4 Å². The summed E-state index contributed by atoms with van der Waals surface area (Å²) in [6.45, 7) is 14.6. The van der Waals surface area contributed by atoms with Crippen molar-refractivity contribution in [3.8, 4) is 0 Å². The molecule has 2 N–H and O–H groups in total. The fraction of sp³-hybridized carbons (Fsp3) is 0.833. The van der Waals surface area contributed by atoms with Gasteiger partial charge >= 0.3 is 0 Å². The smallest absolute Gasteiger partial charge is 0.191 e. The third-order valence-electron chi connectivity index (χ3n) is 4.96. The Hall–Kier alpha value is -1.63. The Bertz CT molecular complexity index is 517. The zero-order valence-corrected chi connectivity index (χ0v) is 16.3. The van der Waals surface area contributed by atoms with Crippen molar-refractivity contribution in [3.05, 3.63) is 12.2 Å². The molecule has 0 saturated carbocycles. The maximum Gasteiger partial charge on any atom is 0.191 e. The minimum Gasteiger partial charge on any atom is -0.357 e. The Morgan fingerprint density at radius 3 is 2.76 bits per heavy atom. The molecule has 7 heteroatoms. The van der Waals surface area contributed by atoms with Gasteiger partial charge in [-0.1, -0.05) is 13.8 Å². The highest BCUT2D eigenvalue weighted by atomic mass is 15.3. The van der Waals surface area contributed by atoms with Gasteiger partial charge in [0.2, 0.25) is 0 Å². The second kappa shape index (κ2) is 10.4. The quantitative estimate of drug-likeness (QED) is 0.550. The van der Waals surface area contributed by atoms with Gasteiger partial charge in [-0.15, -0.1) is 10.2 Å². The predicted molar refractivity (Wildman–Crippen MR) is 103 cm³/mol. The fourth-order valence-corrected chi connectivity index (χ4v) is 3.18. The number of piperidine rings is 1. The minimum absolute atomic E-state index is 0.493. The van der Waals surface area contributed by atoms with E-state index in [1.54, 1.807) is 6.33 Å². The molecule has 0 bridgehead atoms. The Labute approximate surface area is 152 Å². The molecule has 0 aliphatic carbocycles. The van der Waals surface area contributed by atoms with E-state index in [0.29, 0.717) is 6.04 Å². The number of likely N-dealkylation sites (tertiary alicyclic amines) is 1. The van der Waals surface area contributed by atoms with Gasteiger partial charge in [0.15, 0.2) is 5.96 Å². The van der Waals surface area contributed by atoms with E-state index < -0.39 is 0 Å². The molecule has 2 rings (SSSR count). The number of aryl methyl sites for hydroxylation is 1. The summed E-state index contributed by atoms with van der Waals surface area (Å²) >= 11 is 0. The predicted octanol–water partition coefficient (Wildman–Crippen LogP) is 1.52. The molecule has 0 amide bonds. The fourth-order valence-electron chi connectivity index (χ4n) is 3.18. The molecule has 25 heavy (non-hydrogen) atoms. The number of guanidine groups is 1. The van der Waals surface area contributed by atoms with Crippen molar-refractivity contribution in [3.63, 3.8) is 0 Å². The lowest BCUT2D eigenvalue weighted by Crippen LogP contribution is -2.43. The molecule has 1 aromatic heterocycles. The summed E-state index contributed by atoms with van der Waals surface area (Å²) in [4.78, 5) is 7.35. The molecule has 0 aromatic carbocycles. The molecule has 2 heterocycles. The lowest BCUT2D eigenvalue weighted by atomic mass is 9.98. The van der Waals surface area contributed by atoms with E-state index >= 15 is 0 Å². The minimum atomic E-state index is 0.493. The summed E-state index contributed by atoms with van der Waals surface area (Å²) in [5.41, 5.74) is 0. The SMILES string of the molecule is CCNC(=NCC(C)N1CCC(C)CC1)NCCn1cnnc1CC. The van der Waals surface area contributed by atoms with E-state index in [1.807, 2.05) is 0 Å². The van der Waals surface area contributed by atoms with Crippen LogP contribution in [0.2, 0.25) is 0 Å². The largest absolute Gasteiger partial charge is 0.357 e. The summed E-state index contributed by atoms with van der Waals surface area (Å²) in [5, 5.41) is 14.9. The monoisotopic (exact) mass is 349 g/mol. The summed E-state index contributed by atoms with van der Waals surface area (Å²) < 4.78 is 2.09. The van der Waals surface area contributed by atoms with Crippen LogP contribution in [0.25, 0.3) is 0 Å². The van der Waals surface area contributed by atoms with Gasteiger partial charge in [-0.05, 0) is 45.7 Å². The van der Waals surface area contributed by atoms with Gasteiger partial charge in [0.1, 0.15) is 12.2 Å². The highest BCUT2D eigenvalue weighted by Crippen LogP contribution is 2.17. The van der Waals surface area contributed by atoms with Crippen LogP contribution >= 0.6 is 0 Å². The number of hydrogen-bond acceptors (Lipinski definition) is 4. The molecule has 1 aliphatic rings. The van der Waals surface area contributed by atoms with Crippen molar-refractivity contribution < 1.29 is 0 Å². The van der Waals surface area contributed by atoms with Gasteiger partial charge < -0.3 is 15.2 Å². The first-order valence-corrected chi connectivity index (χ1v) is 9.76. The number of nitrogens with one attached hydrogen (secondary N) is 2. The zero-order valence-electron chi connectivity index (χ0n) is 16.3. The highest BCUT2D eigenvalue weighted by molar-refractivity contribution is 5.79. The van der Waals surface area contributed by atoms with Crippen molar-refractivity contribution >= 4 is 5.96 Å². The Kier molecular flexibility index (Phi) is 8.18. The summed E-state index contributed by atoms with van der Waals surface area (Å²) in [7, 11) is 0. The van der Waals surface area contributed by atoms with Gasteiger partial charge in [0.05, 0.1) is 6.54 Å². The van der Waals surface area contributed by atoms with Gasteiger partial charge in [-0.25, -0.2) is 0 Å². The molecule has 0 radical (unpaired) electrons. The van der Waals surface area contributed by atoms with Crippen LogP contribution in [0.15, 0.2) is 11.3 Å². The van der Waals surface area contributed by atoms with Crippen LogP contribution in [0.5, 0.6) is 0 Å². The third kappa shape index (κ3) is 6.30. The summed E-state index contributed by atoms with van der Waals surface area (Å²) in [6.07, 6.45) is 5.32. The van der Waals surface area contributed by atoms with Crippen LogP contribution in [0.3, 0.4) is 0 Å². The first kappa shape index (κ1) is 19.7. The summed E-state index contributed by atoms with van der Waals surface area (Å²) in [5.74, 6) is 2.79. The van der Waals surface area contributed by atoms with E-state index in [1.165, 1.54) is 25.9 Å². The van der Waals surface area contributed by atoms with Crippen molar-refractivity contribution in [2.45, 2.75) is 59.5 Å². The Balaban J connectivity index is 1.79. The Morgan fingerprint density at radius 2 is 2.08 bits per heavy atom. The third-order valence-corrected chi connectivity index (χ3v) is 4.96. The van der Waals surface area contributed by atoms with Crippen LogP contribution in [0.1, 0.15) is 46.4 Å². The molecule has 7 nitrogen and oxygen atoms in total.